The van der Waals surface area contributed by atoms with Crippen molar-refractivity contribution in [1.29, 1.82) is 5.26 Å². The van der Waals surface area contributed by atoms with Crippen LogP contribution >= 0.6 is 0 Å². The van der Waals surface area contributed by atoms with Crippen LogP contribution in [0.4, 0.5) is 0 Å². The highest BCUT2D eigenvalue weighted by atomic mass is 16.6. The third-order valence-electron chi connectivity index (χ3n) is 5.60. The number of fused-ring (bicyclic) bond motifs is 1. The maximum atomic E-state index is 13.1. The molecule has 0 radical (unpaired) electrons. The quantitative estimate of drug-likeness (QED) is 0.537. The summed E-state index contributed by atoms with van der Waals surface area (Å²) in [6.07, 6.45) is 5.01. The largest absolute Gasteiger partial charge is 0.458 e. The normalized spacial score (nSPS) is 14.7. The molecule has 1 saturated heterocycles. The third kappa shape index (κ3) is 5.61. The number of rotatable bonds is 5. The van der Waals surface area contributed by atoms with E-state index >= 15 is 0 Å². The van der Waals surface area contributed by atoms with Crippen LogP contribution in [0.25, 0.3) is 16.9 Å². The second kappa shape index (κ2) is 9.65. The molecule has 0 saturated carbocycles. The fourth-order valence-corrected chi connectivity index (χ4v) is 3.93. The molecule has 0 atom stereocenters. The molecule has 1 amide bonds. The minimum atomic E-state index is -0.533. The summed E-state index contributed by atoms with van der Waals surface area (Å²) in [5.74, 6) is -0.421. The standard InChI is InChI=1S/C26H28N4O4/c1-26(2,3)34-24(31)17-33-21-9-12-29(13-10-21)25(32)20-8-11-30-16-22(28-23(30)14-20)19-6-4-18(15-27)5-7-19/h4-8,11,14,16,21H,9-10,12-13,17H2,1-3H3. The van der Waals surface area contributed by atoms with Crippen molar-refractivity contribution in [3.63, 3.8) is 0 Å². The molecular formula is C26H28N4O4. The number of carbonyl (C=O) groups excluding carboxylic acids is 2. The van der Waals surface area contributed by atoms with E-state index in [1.54, 1.807) is 24.3 Å². The molecule has 34 heavy (non-hydrogen) atoms. The summed E-state index contributed by atoms with van der Waals surface area (Å²) < 4.78 is 12.8. The lowest BCUT2D eigenvalue weighted by Crippen LogP contribution is -2.41. The molecule has 1 fully saturated rings. The Morgan fingerprint density at radius 1 is 1.15 bits per heavy atom. The lowest BCUT2D eigenvalue weighted by molar-refractivity contribution is -0.163. The monoisotopic (exact) mass is 460 g/mol. The van der Waals surface area contributed by atoms with E-state index in [1.807, 2.05) is 54.6 Å². The molecule has 3 heterocycles. The first-order valence-electron chi connectivity index (χ1n) is 11.3. The molecule has 1 aliphatic heterocycles. The summed E-state index contributed by atoms with van der Waals surface area (Å²) in [6.45, 7) is 6.52. The molecule has 0 unspecified atom stereocenters. The number of aromatic nitrogens is 2. The number of imidazole rings is 1. The second-order valence-corrected chi connectivity index (χ2v) is 9.39. The number of nitrogens with zero attached hydrogens (tertiary/aromatic N) is 4. The van der Waals surface area contributed by atoms with Crippen LogP contribution in [0.15, 0.2) is 48.8 Å². The van der Waals surface area contributed by atoms with E-state index in [-0.39, 0.29) is 24.6 Å². The van der Waals surface area contributed by atoms with Gasteiger partial charge in [0.25, 0.3) is 5.91 Å². The molecule has 8 nitrogen and oxygen atoms in total. The predicted molar refractivity (Wildman–Crippen MR) is 126 cm³/mol. The molecular weight excluding hydrogens is 432 g/mol. The van der Waals surface area contributed by atoms with Gasteiger partial charge in [-0.3, -0.25) is 4.79 Å². The van der Waals surface area contributed by atoms with Gasteiger partial charge < -0.3 is 18.8 Å². The number of hydrogen-bond donors (Lipinski definition) is 0. The predicted octanol–water partition coefficient (Wildman–Crippen LogP) is 3.84. The van der Waals surface area contributed by atoms with E-state index in [2.05, 4.69) is 11.1 Å². The number of hydrogen-bond acceptors (Lipinski definition) is 6. The van der Waals surface area contributed by atoms with E-state index in [1.165, 1.54) is 0 Å². The summed E-state index contributed by atoms with van der Waals surface area (Å²) in [7, 11) is 0. The zero-order chi connectivity index (χ0) is 24.3. The van der Waals surface area contributed by atoms with Crippen molar-refractivity contribution in [3.8, 4) is 17.3 Å². The first kappa shape index (κ1) is 23.5. The van der Waals surface area contributed by atoms with E-state index in [0.29, 0.717) is 42.7 Å². The smallest absolute Gasteiger partial charge is 0.332 e. The first-order valence-corrected chi connectivity index (χ1v) is 11.3. The van der Waals surface area contributed by atoms with Crippen LogP contribution in [0, 0.1) is 11.3 Å². The number of benzene rings is 1. The number of amides is 1. The Kier molecular flexibility index (Phi) is 6.66. The van der Waals surface area contributed by atoms with Gasteiger partial charge in [0.15, 0.2) is 0 Å². The number of carbonyl (C=O) groups is 2. The van der Waals surface area contributed by atoms with Gasteiger partial charge in [-0.05, 0) is 57.9 Å². The van der Waals surface area contributed by atoms with E-state index < -0.39 is 5.60 Å². The maximum absolute atomic E-state index is 13.1. The number of pyridine rings is 1. The van der Waals surface area contributed by atoms with Gasteiger partial charge in [-0.2, -0.15) is 5.26 Å². The fraction of sp³-hybridized carbons (Fsp3) is 0.385. The van der Waals surface area contributed by atoms with Crippen molar-refractivity contribution >= 4 is 17.5 Å². The van der Waals surface area contributed by atoms with Crippen LogP contribution in [0.2, 0.25) is 0 Å². The lowest BCUT2D eigenvalue weighted by atomic mass is 10.1. The number of piperidine rings is 1. The number of esters is 1. The fourth-order valence-electron chi connectivity index (χ4n) is 3.93. The Bertz CT molecular complexity index is 1230. The van der Waals surface area contributed by atoms with Gasteiger partial charge in [-0.1, -0.05) is 12.1 Å². The Hall–Kier alpha value is -3.70. The highest BCUT2D eigenvalue weighted by Gasteiger charge is 2.26. The number of nitriles is 1. The van der Waals surface area contributed by atoms with Gasteiger partial charge in [0.1, 0.15) is 17.9 Å². The molecule has 0 N–H and O–H groups in total. The summed E-state index contributed by atoms with van der Waals surface area (Å²) in [5, 5.41) is 8.97. The van der Waals surface area contributed by atoms with Crippen LogP contribution in [0.5, 0.6) is 0 Å². The van der Waals surface area contributed by atoms with Gasteiger partial charge in [-0.25, -0.2) is 9.78 Å². The second-order valence-electron chi connectivity index (χ2n) is 9.39. The molecule has 1 aliphatic rings. The van der Waals surface area contributed by atoms with E-state index in [0.717, 1.165) is 11.3 Å². The minimum absolute atomic E-state index is 0.0454. The van der Waals surface area contributed by atoms with Crippen LogP contribution in [0.1, 0.15) is 49.5 Å². The summed E-state index contributed by atoms with van der Waals surface area (Å²) in [5.41, 5.74) is 3.01. The molecule has 0 aliphatic carbocycles. The topological polar surface area (TPSA) is 96.9 Å². The van der Waals surface area contributed by atoms with Crippen LogP contribution < -0.4 is 0 Å². The van der Waals surface area contributed by atoms with Crippen LogP contribution in [-0.4, -0.2) is 57.6 Å². The summed E-state index contributed by atoms with van der Waals surface area (Å²) >= 11 is 0. The van der Waals surface area contributed by atoms with Crippen molar-refractivity contribution < 1.29 is 19.1 Å². The van der Waals surface area contributed by atoms with Crippen LogP contribution in [0.3, 0.4) is 0 Å². The van der Waals surface area contributed by atoms with Crippen LogP contribution in [-0.2, 0) is 14.3 Å². The summed E-state index contributed by atoms with van der Waals surface area (Å²) in [4.78, 5) is 31.4. The first-order chi connectivity index (χ1) is 16.2. The number of ether oxygens (including phenoxy) is 2. The van der Waals surface area contributed by atoms with Crippen molar-refractivity contribution in [2.45, 2.75) is 45.3 Å². The number of likely N-dealkylation sites (tertiary alicyclic amines) is 1. The van der Waals surface area contributed by atoms with Gasteiger partial charge in [0.05, 0.1) is 23.4 Å². The Morgan fingerprint density at radius 3 is 2.50 bits per heavy atom. The van der Waals surface area contributed by atoms with Gasteiger partial charge in [0, 0.05) is 36.6 Å². The average Bonchev–Trinajstić information content (AvgIpc) is 3.25. The summed E-state index contributed by atoms with van der Waals surface area (Å²) in [6, 6.07) is 12.9. The Labute approximate surface area is 198 Å². The van der Waals surface area contributed by atoms with Gasteiger partial charge in [-0.15, -0.1) is 0 Å². The minimum Gasteiger partial charge on any atom is -0.458 e. The molecule has 2 aromatic heterocycles. The van der Waals surface area contributed by atoms with E-state index in [4.69, 9.17) is 14.7 Å². The molecule has 176 valence electrons. The average molecular weight is 461 g/mol. The van der Waals surface area contributed by atoms with E-state index in [9.17, 15) is 9.59 Å². The molecule has 1 aromatic carbocycles. The Morgan fingerprint density at radius 2 is 1.85 bits per heavy atom. The highest BCUT2D eigenvalue weighted by molar-refractivity contribution is 5.95. The Balaban J connectivity index is 1.36. The van der Waals surface area contributed by atoms with Crippen molar-refractivity contribution in [1.82, 2.24) is 14.3 Å². The zero-order valence-corrected chi connectivity index (χ0v) is 19.7. The van der Waals surface area contributed by atoms with Crippen molar-refractivity contribution in [2.24, 2.45) is 0 Å². The van der Waals surface area contributed by atoms with Crippen molar-refractivity contribution in [3.05, 3.63) is 59.9 Å². The molecule has 8 heteroatoms. The molecule has 4 rings (SSSR count). The van der Waals surface area contributed by atoms with Gasteiger partial charge >= 0.3 is 5.97 Å². The lowest BCUT2D eigenvalue weighted by Gasteiger charge is -2.32. The third-order valence-corrected chi connectivity index (χ3v) is 5.60. The zero-order valence-electron chi connectivity index (χ0n) is 19.7. The molecule has 3 aromatic rings. The molecule has 0 bridgehead atoms. The highest BCUT2D eigenvalue weighted by Crippen LogP contribution is 2.22. The maximum Gasteiger partial charge on any atom is 0.332 e. The van der Waals surface area contributed by atoms with Crippen molar-refractivity contribution in [2.75, 3.05) is 19.7 Å². The molecule has 0 spiro atoms. The van der Waals surface area contributed by atoms with Gasteiger partial charge in [0.2, 0.25) is 0 Å². The SMILES string of the molecule is CC(C)(C)OC(=O)COC1CCN(C(=O)c2ccn3cc(-c4ccc(C#N)cc4)nc3c2)CC1.